The highest BCUT2D eigenvalue weighted by Crippen LogP contribution is 2.34. The molecular weight excluding hydrogens is 316 g/mol. The first-order valence-corrected chi connectivity index (χ1v) is 8.90. The van der Waals surface area contributed by atoms with Crippen molar-refractivity contribution in [1.29, 1.82) is 0 Å². The molecule has 1 aliphatic carbocycles. The van der Waals surface area contributed by atoms with E-state index >= 15 is 0 Å². The highest BCUT2D eigenvalue weighted by atomic mass is 16.5. The van der Waals surface area contributed by atoms with E-state index in [0.717, 1.165) is 29.3 Å². The van der Waals surface area contributed by atoms with E-state index in [9.17, 15) is 4.79 Å². The number of carbonyl (C=O) groups is 1. The van der Waals surface area contributed by atoms with Gasteiger partial charge < -0.3 is 18.9 Å². The van der Waals surface area contributed by atoms with Gasteiger partial charge in [0.15, 0.2) is 0 Å². The smallest absolute Gasteiger partial charge is 0.256 e. The molecule has 1 saturated heterocycles. The van der Waals surface area contributed by atoms with Gasteiger partial charge in [0.1, 0.15) is 6.10 Å². The maximum atomic E-state index is 13.3. The van der Waals surface area contributed by atoms with Crippen molar-refractivity contribution in [2.45, 2.75) is 31.1 Å². The molecule has 25 heavy (non-hydrogen) atoms. The molecule has 0 bridgehead atoms. The fraction of sp³-hybridized carbons (Fsp3) is 0.450. The summed E-state index contributed by atoms with van der Waals surface area (Å²) in [6, 6.07) is 8.14. The van der Waals surface area contributed by atoms with Crippen LogP contribution in [0.2, 0.25) is 0 Å². The lowest BCUT2D eigenvalue weighted by molar-refractivity contribution is -0.100. The van der Waals surface area contributed by atoms with E-state index in [-0.39, 0.29) is 24.2 Å². The SMILES string of the molecule is C=CCO[C@@H]1CC[C@H]2[C@H]1OCCN2C(=O)c1cn(C)c2ccccc12. The highest BCUT2D eigenvalue weighted by Gasteiger charge is 2.45. The molecule has 1 amide bonds. The van der Waals surface area contributed by atoms with E-state index in [2.05, 4.69) is 6.58 Å². The molecule has 0 N–H and O–H groups in total. The number of hydrogen-bond donors (Lipinski definition) is 0. The summed E-state index contributed by atoms with van der Waals surface area (Å²) >= 11 is 0. The Morgan fingerprint density at radius 2 is 2.24 bits per heavy atom. The Morgan fingerprint density at radius 3 is 3.08 bits per heavy atom. The van der Waals surface area contributed by atoms with Crippen molar-refractivity contribution in [3.05, 3.63) is 48.7 Å². The van der Waals surface area contributed by atoms with Crippen molar-refractivity contribution in [3.8, 4) is 0 Å². The molecule has 3 atom stereocenters. The molecule has 2 heterocycles. The molecule has 1 aromatic carbocycles. The van der Waals surface area contributed by atoms with E-state index in [4.69, 9.17) is 9.47 Å². The molecule has 5 nitrogen and oxygen atoms in total. The second-order valence-electron chi connectivity index (χ2n) is 6.81. The van der Waals surface area contributed by atoms with E-state index < -0.39 is 0 Å². The standard InChI is InChI=1S/C20H24N2O3/c1-3-11-24-18-9-8-17-19(18)25-12-10-22(17)20(23)15-13-21(2)16-7-5-4-6-14(15)16/h3-7,13,17-19H,1,8-12H2,2H3/t17-,18+,19+/m0/s1. The van der Waals surface area contributed by atoms with Crippen LogP contribution in [0.4, 0.5) is 0 Å². The molecule has 2 aliphatic rings. The first kappa shape index (κ1) is 16.4. The van der Waals surface area contributed by atoms with E-state index in [1.807, 2.05) is 47.0 Å². The molecule has 2 aromatic rings. The topological polar surface area (TPSA) is 43.7 Å². The van der Waals surface area contributed by atoms with Gasteiger partial charge in [-0.2, -0.15) is 0 Å². The van der Waals surface area contributed by atoms with Gasteiger partial charge >= 0.3 is 0 Å². The first-order chi connectivity index (χ1) is 12.2. The maximum Gasteiger partial charge on any atom is 0.256 e. The van der Waals surface area contributed by atoms with Crippen LogP contribution in [0.25, 0.3) is 10.9 Å². The van der Waals surface area contributed by atoms with Crippen LogP contribution >= 0.6 is 0 Å². The van der Waals surface area contributed by atoms with Gasteiger partial charge in [-0.15, -0.1) is 6.58 Å². The van der Waals surface area contributed by atoms with Crippen molar-refractivity contribution in [3.63, 3.8) is 0 Å². The Hall–Kier alpha value is -2.11. The minimum Gasteiger partial charge on any atom is -0.372 e. The number of amides is 1. The summed E-state index contributed by atoms with van der Waals surface area (Å²) in [6.07, 6.45) is 5.55. The van der Waals surface area contributed by atoms with Gasteiger partial charge in [0.2, 0.25) is 0 Å². The van der Waals surface area contributed by atoms with Crippen molar-refractivity contribution >= 4 is 16.8 Å². The van der Waals surface area contributed by atoms with Crippen LogP contribution in [0.15, 0.2) is 43.1 Å². The van der Waals surface area contributed by atoms with Crippen molar-refractivity contribution in [1.82, 2.24) is 9.47 Å². The van der Waals surface area contributed by atoms with Gasteiger partial charge in [-0.3, -0.25) is 4.79 Å². The summed E-state index contributed by atoms with van der Waals surface area (Å²) < 4.78 is 13.8. The zero-order valence-electron chi connectivity index (χ0n) is 14.6. The quantitative estimate of drug-likeness (QED) is 0.804. The Bertz CT molecular complexity index is 797. The molecule has 4 rings (SSSR count). The lowest BCUT2D eigenvalue weighted by Crippen LogP contribution is -2.53. The monoisotopic (exact) mass is 340 g/mol. The van der Waals surface area contributed by atoms with Crippen LogP contribution < -0.4 is 0 Å². The van der Waals surface area contributed by atoms with Crippen LogP contribution in [-0.4, -0.2) is 53.4 Å². The fourth-order valence-corrected chi connectivity index (χ4v) is 4.20. The van der Waals surface area contributed by atoms with E-state index in [0.29, 0.717) is 19.8 Å². The Balaban J connectivity index is 1.60. The van der Waals surface area contributed by atoms with Gasteiger partial charge in [0.05, 0.1) is 30.9 Å². The first-order valence-electron chi connectivity index (χ1n) is 8.90. The number of morpholine rings is 1. The number of benzene rings is 1. The zero-order valence-corrected chi connectivity index (χ0v) is 14.6. The number of fused-ring (bicyclic) bond motifs is 2. The minimum atomic E-state index is -0.0346. The molecule has 1 saturated carbocycles. The van der Waals surface area contributed by atoms with Crippen LogP contribution in [0.3, 0.4) is 0 Å². The lowest BCUT2D eigenvalue weighted by Gasteiger charge is -2.39. The third-order valence-corrected chi connectivity index (χ3v) is 5.35. The van der Waals surface area contributed by atoms with Crippen LogP contribution in [0.1, 0.15) is 23.2 Å². The summed E-state index contributed by atoms with van der Waals surface area (Å²) in [5.74, 6) is 0.0967. The van der Waals surface area contributed by atoms with E-state index in [1.165, 1.54) is 0 Å². The number of aryl methyl sites for hydroxylation is 1. The Morgan fingerprint density at radius 1 is 1.40 bits per heavy atom. The molecule has 2 fully saturated rings. The van der Waals surface area contributed by atoms with Gasteiger partial charge in [0, 0.05) is 30.7 Å². The molecule has 0 spiro atoms. The summed E-state index contributed by atoms with van der Waals surface area (Å²) in [7, 11) is 1.98. The number of nitrogens with zero attached hydrogens (tertiary/aromatic N) is 2. The summed E-state index contributed by atoms with van der Waals surface area (Å²) in [5, 5.41) is 1.01. The lowest BCUT2D eigenvalue weighted by atomic mass is 10.1. The second-order valence-corrected chi connectivity index (χ2v) is 6.81. The number of carbonyl (C=O) groups excluding carboxylic acids is 1. The Labute approximate surface area is 147 Å². The van der Waals surface area contributed by atoms with Crippen molar-refractivity contribution in [2.75, 3.05) is 19.8 Å². The highest BCUT2D eigenvalue weighted by molar-refractivity contribution is 6.07. The van der Waals surface area contributed by atoms with Gasteiger partial charge in [-0.1, -0.05) is 24.3 Å². The molecule has 132 valence electrons. The molecule has 1 aliphatic heterocycles. The molecule has 1 aromatic heterocycles. The predicted octanol–water partition coefficient (Wildman–Crippen LogP) is 2.75. The largest absolute Gasteiger partial charge is 0.372 e. The van der Waals surface area contributed by atoms with Crippen molar-refractivity contribution < 1.29 is 14.3 Å². The van der Waals surface area contributed by atoms with Crippen molar-refractivity contribution in [2.24, 2.45) is 7.05 Å². The van der Waals surface area contributed by atoms with Gasteiger partial charge in [-0.25, -0.2) is 0 Å². The van der Waals surface area contributed by atoms with E-state index in [1.54, 1.807) is 6.08 Å². The number of ether oxygens (including phenoxy) is 2. The number of para-hydroxylation sites is 1. The van der Waals surface area contributed by atoms with Gasteiger partial charge in [-0.05, 0) is 18.9 Å². The summed E-state index contributed by atoms with van der Waals surface area (Å²) in [6.45, 7) is 5.43. The molecule has 0 unspecified atom stereocenters. The second kappa shape index (κ2) is 6.65. The van der Waals surface area contributed by atoms with Crippen LogP contribution in [0.5, 0.6) is 0 Å². The van der Waals surface area contributed by atoms with Crippen LogP contribution in [-0.2, 0) is 16.5 Å². The molecular formula is C20H24N2O3. The maximum absolute atomic E-state index is 13.3. The number of aromatic nitrogens is 1. The summed E-state index contributed by atoms with van der Waals surface area (Å²) in [5.41, 5.74) is 1.85. The normalized spacial score (nSPS) is 26.0. The molecule has 0 radical (unpaired) electrons. The van der Waals surface area contributed by atoms with Gasteiger partial charge in [0.25, 0.3) is 5.91 Å². The Kier molecular flexibility index (Phi) is 4.36. The third-order valence-electron chi connectivity index (χ3n) is 5.35. The molecule has 5 heteroatoms. The predicted molar refractivity (Wildman–Crippen MR) is 96.7 cm³/mol. The average molecular weight is 340 g/mol. The summed E-state index contributed by atoms with van der Waals surface area (Å²) in [4.78, 5) is 15.3. The average Bonchev–Trinajstić information content (AvgIpc) is 3.21. The third kappa shape index (κ3) is 2.77. The van der Waals surface area contributed by atoms with Crippen LogP contribution in [0, 0.1) is 0 Å². The number of rotatable bonds is 4. The zero-order chi connectivity index (χ0) is 17.4. The fourth-order valence-electron chi connectivity index (χ4n) is 4.20. The minimum absolute atomic E-state index is 0.0346. The number of hydrogen-bond acceptors (Lipinski definition) is 3.